The lowest BCUT2D eigenvalue weighted by molar-refractivity contribution is -0.135. The minimum absolute atomic E-state index is 0.114. The summed E-state index contributed by atoms with van der Waals surface area (Å²) in [7, 11) is 1.70. The average Bonchev–Trinajstić information content (AvgIpc) is 3.24. The van der Waals surface area contributed by atoms with Gasteiger partial charge in [-0.15, -0.1) is 23.2 Å². The van der Waals surface area contributed by atoms with Gasteiger partial charge >= 0.3 is 5.97 Å². The first-order valence-corrected chi connectivity index (χ1v) is 8.58. The van der Waals surface area contributed by atoms with Crippen molar-refractivity contribution in [3.05, 3.63) is 59.7 Å². The standard InChI is InChI=1S/C19H17Cl2NO3/c1-12-3-5-13(6-4-12)17(23)22(2)14-7-9-15(10-8-14)25-18(24)16-11-19(16,20)21/h3-10,16H,11H2,1-2H3. The molecule has 130 valence electrons. The van der Waals surface area contributed by atoms with E-state index in [2.05, 4.69) is 0 Å². The summed E-state index contributed by atoms with van der Waals surface area (Å²) in [5.74, 6) is -0.652. The van der Waals surface area contributed by atoms with Crippen LogP contribution >= 0.6 is 23.2 Å². The molecule has 0 spiro atoms. The second kappa shape index (κ2) is 6.70. The Kier molecular flexibility index (Phi) is 4.76. The van der Waals surface area contributed by atoms with E-state index in [9.17, 15) is 9.59 Å². The topological polar surface area (TPSA) is 46.6 Å². The Labute approximate surface area is 156 Å². The van der Waals surface area contributed by atoms with Crippen molar-refractivity contribution < 1.29 is 14.3 Å². The summed E-state index contributed by atoms with van der Waals surface area (Å²) in [6, 6.07) is 14.1. The van der Waals surface area contributed by atoms with E-state index in [1.165, 1.54) is 0 Å². The van der Waals surface area contributed by atoms with Gasteiger partial charge < -0.3 is 9.64 Å². The first-order valence-electron chi connectivity index (χ1n) is 7.82. The summed E-state index contributed by atoms with van der Waals surface area (Å²) < 4.78 is 4.25. The Morgan fingerprint density at radius 3 is 2.16 bits per heavy atom. The predicted molar refractivity (Wildman–Crippen MR) is 98.5 cm³/mol. The van der Waals surface area contributed by atoms with Gasteiger partial charge in [-0.2, -0.15) is 0 Å². The van der Waals surface area contributed by atoms with Crippen molar-refractivity contribution in [3.63, 3.8) is 0 Å². The van der Waals surface area contributed by atoms with Crippen LogP contribution in [0.3, 0.4) is 0 Å². The van der Waals surface area contributed by atoms with Crippen LogP contribution in [-0.4, -0.2) is 23.3 Å². The minimum Gasteiger partial charge on any atom is -0.426 e. The number of ether oxygens (including phenoxy) is 1. The third kappa shape index (κ3) is 3.97. The number of esters is 1. The number of hydrogen-bond acceptors (Lipinski definition) is 3. The van der Waals surface area contributed by atoms with Crippen molar-refractivity contribution >= 4 is 40.8 Å². The van der Waals surface area contributed by atoms with Gasteiger partial charge in [-0.3, -0.25) is 9.59 Å². The highest BCUT2D eigenvalue weighted by molar-refractivity contribution is 6.52. The van der Waals surface area contributed by atoms with Crippen LogP contribution in [-0.2, 0) is 4.79 Å². The van der Waals surface area contributed by atoms with Crippen molar-refractivity contribution in [1.29, 1.82) is 0 Å². The predicted octanol–water partition coefficient (Wildman–Crippen LogP) is 4.37. The van der Waals surface area contributed by atoms with Gasteiger partial charge in [0.2, 0.25) is 0 Å². The van der Waals surface area contributed by atoms with E-state index in [0.717, 1.165) is 5.56 Å². The molecule has 1 fully saturated rings. The molecule has 1 atom stereocenters. The molecule has 0 aliphatic heterocycles. The first-order chi connectivity index (χ1) is 11.8. The molecule has 25 heavy (non-hydrogen) atoms. The Morgan fingerprint density at radius 1 is 1.08 bits per heavy atom. The van der Waals surface area contributed by atoms with E-state index in [4.69, 9.17) is 27.9 Å². The molecule has 0 bridgehead atoms. The number of benzene rings is 2. The molecule has 0 N–H and O–H groups in total. The van der Waals surface area contributed by atoms with Crippen LogP contribution in [0.5, 0.6) is 5.75 Å². The van der Waals surface area contributed by atoms with Crippen LogP contribution in [0.15, 0.2) is 48.5 Å². The normalized spacial score (nSPS) is 17.7. The van der Waals surface area contributed by atoms with Crippen molar-refractivity contribution in [2.45, 2.75) is 17.7 Å². The quantitative estimate of drug-likeness (QED) is 0.451. The highest BCUT2D eigenvalue weighted by Crippen LogP contribution is 2.53. The van der Waals surface area contributed by atoms with E-state index in [1.54, 1.807) is 48.3 Å². The number of hydrogen-bond donors (Lipinski definition) is 0. The molecule has 1 unspecified atom stereocenters. The fraction of sp³-hybridized carbons (Fsp3) is 0.263. The van der Waals surface area contributed by atoms with Crippen molar-refractivity contribution in [2.24, 2.45) is 5.92 Å². The highest BCUT2D eigenvalue weighted by Gasteiger charge is 2.57. The number of alkyl halides is 2. The molecule has 1 amide bonds. The number of halogens is 2. The lowest BCUT2D eigenvalue weighted by Crippen LogP contribution is -2.26. The Morgan fingerprint density at radius 2 is 1.64 bits per heavy atom. The summed E-state index contributed by atoms with van der Waals surface area (Å²) in [4.78, 5) is 25.9. The molecule has 2 aromatic rings. The molecular formula is C19H17Cl2NO3. The molecule has 3 rings (SSSR count). The zero-order chi connectivity index (χ0) is 18.2. The number of anilines is 1. The molecule has 0 radical (unpaired) electrons. The summed E-state index contributed by atoms with van der Waals surface area (Å²) in [6.45, 7) is 1.97. The van der Waals surface area contributed by atoms with Crippen molar-refractivity contribution in [1.82, 2.24) is 0 Å². The van der Waals surface area contributed by atoms with E-state index < -0.39 is 16.2 Å². The van der Waals surface area contributed by atoms with Crippen molar-refractivity contribution in [2.75, 3.05) is 11.9 Å². The number of carbonyl (C=O) groups is 2. The molecule has 0 aromatic heterocycles. The first kappa shape index (κ1) is 17.8. The number of nitrogens with zero attached hydrogens (tertiary/aromatic N) is 1. The van der Waals surface area contributed by atoms with Gasteiger partial charge in [-0.05, 0) is 49.7 Å². The van der Waals surface area contributed by atoms with Gasteiger partial charge in [0.25, 0.3) is 5.91 Å². The zero-order valence-electron chi connectivity index (χ0n) is 13.8. The van der Waals surface area contributed by atoms with E-state index in [0.29, 0.717) is 23.4 Å². The Balaban J connectivity index is 1.66. The number of amides is 1. The second-order valence-electron chi connectivity index (χ2n) is 6.16. The molecular weight excluding hydrogens is 361 g/mol. The number of carbonyl (C=O) groups excluding carboxylic acids is 2. The van der Waals surface area contributed by atoms with Gasteiger partial charge in [0.05, 0.1) is 5.92 Å². The maximum Gasteiger partial charge on any atom is 0.317 e. The summed E-state index contributed by atoms with van der Waals surface area (Å²) >= 11 is 11.7. The molecule has 1 aliphatic carbocycles. The minimum atomic E-state index is -1.00. The molecule has 0 saturated heterocycles. The maximum absolute atomic E-state index is 12.5. The fourth-order valence-corrected chi connectivity index (χ4v) is 2.89. The third-order valence-electron chi connectivity index (χ3n) is 4.16. The monoisotopic (exact) mass is 377 g/mol. The largest absolute Gasteiger partial charge is 0.426 e. The van der Waals surface area contributed by atoms with E-state index >= 15 is 0 Å². The third-order valence-corrected chi connectivity index (χ3v) is 4.99. The molecule has 2 aromatic carbocycles. The Bertz CT molecular complexity index is 800. The van der Waals surface area contributed by atoms with Crippen LogP contribution in [0.25, 0.3) is 0 Å². The van der Waals surface area contributed by atoms with Gasteiger partial charge in [0.15, 0.2) is 0 Å². The van der Waals surface area contributed by atoms with Crippen LogP contribution < -0.4 is 9.64 Å². The van der Waals surface area contributed by atoms with Crippen LogP contribution in [0.1, 0.15) is 22.3 Å². The summed E-state index contributed by atoms with van der Waals surface area (Å²) in [6.07, 6.45) is 0.404. The zero-order valence-corrected chi connectivity index (χ0v) is 15.3. The van der Waals surface area contributed by atoms with Gasteiger partial charge in [-0.25, -0.2) is 0 Å². The fourth-order valence-electron chi connectivity index (χ4n) is 2.40. The molecule has 0 heterocycles. The van der Waals surface area contributed by atoms with Gasteiger partial charge in [0, 0.05) is 18.3 Å². The Hall–Kier alpha value is -2.04. The van der Waals surface area contributed by atoms with Gasteiger partial charge in [0.1, 0.15) is 10.1 Å². The van der Waals surface area contributed by atoms with Crippen LogP contribution in [0.2, 0.25) is 0 Å². The lowest BCUT2D eigenvalue weighted by atomic mass is 10.1. The maximum atomic E-state index is 12.5. The van der Waals surface area contributed by atoms with E-state index in [1.807, 2.05) is 19.1 Å². The average molecular weight is 378 g/mol. The summed E-state index contributed by atoms with van der Waals surface area (Å²) in [5.41, 5.74) is 2.40. The van der Waals surface area contributed by atoms with Gasteiger partial charge in [-0.1, -0.05) is 17.7 Å². The number of rotatable bonds is 4. The highest BCUT2D eigenvalue weighted by atomic mass is 35.5. The molecule has 1 saturated carbocycles. The van der Waals surface area contributed by atoms with Crippen LogP contribution in [0, 0.1) is 12.8 Å². The SMILES string of the molecule is Cc1ccc(C(=O)N(C)c2ccc(OC(=O)C3CC3(Cl)Cl)cc2)cc1. The molecule has 4 nitrogen and oxygen atoms in total. The lowest BCUT2D eigenvalue weighted by Gasteiger charge is -2.18. The number of aryl methyl sites for hydroxylation is 1. The van der Waals surface area contributed by atoms with Crippen molar-refractivity contribution in [3.8, 4) is 5.75 Å². The molecule has 6 heteroatoms. The second-order valence-corrected chi connectivity index (χ2v) is 7.71. The molecule has 1 aliphatic rings. The van der Waals surface area contributed by atoms with Crippen LogP contribution in [0.4, 0.5) is 5.69 Å². The van der Waals surface area contributed by atoms with E-state index in [-0.39, 0.29) is 5.91 Å². The smallest absolute Gasteiger partial charge is 0.317 e. The summed E-state index contributed by atoms with van der Waals surface area (Å²) in [5, 5.41) is 0.